The summed E-state index contributed by atoms with van der Waals surface area (Å²) in [5.74, 6) is 0.122. The molecular weight excluding hydrogens is 225 g/mol. The third-order valence-corrected chi connectivity index (χ3v) is 2.20. The number of hydrogen-bond donors (Lipinski definition) is 1. The second-order valence-electron chi connectivity index (χ2n) is 4.12. The van der Waals surface area contributed by atoms with Gasteiger partial charge in [-0.05, 0) is 29.7 Å². The van der Waals surface area contributed by atoms with Crippen LogP contribution >= 0.6 is 12.2 Å². The molecule has 0 aliphatic carbocycles. The molecule has 1 aromatic rings. The van der Waals surface area contributed by atoms with E-state index in [1.165, 1.54) is 12.1 Å². The number of nitrogens with two attached hydrogens (primary N) is 1. The first-order valence-corrected chi connectivity index (χ1v) is 5.57. The number of hydrogen-bond acceptors (Lipinski definition) is 2. The van der Waals surface area contributed by atoms with E-state index in [0.29, 0.717) is 24.7 Å². The van der Waals surface area contributed by atoms with E-state index in [1.807, 2.05) is 0 Å². The second-order valence-corrected chi connectivity index (χ2v) is 4.56. The summed E-state index contributed by atoms with van der Waals surface area (Å²) >= 11 is 4.81. The van der Waals surface area contributed by atoms with Gasteiger partial charge in [0.05, 0.1) is 6.61 Å². The van der Waals surface area contributed by atoms with Crippen LogP contribution in [0.1, 0.15) is 25.0 Å². The van der Waals surface area contributed by atoms with Crippen LogP contribution in [0.2, 0.25) is 0 Å². The highest BCUT2D eigenvalue weighted by molar-refractivity contribution is 7.80. The lowest BCUT2D eigenvalue weighted by atomic mass is 10.1. The molecule has 0 unspecified atom stereocenters. The van der Waals surface area contributed by atoms with Gasteiger partial charge in [0.25, 0.3) is 0 Å². The Bertz CT molecular complexity index is 379. The lowest BCUT2D eigenvalue weighted by Crippen LogP contribution is -2.10. The minimum absolute atomic E-state index is 0.199. The SMILES string of the molecule is CC(C)COCc1cc(F)cc(C(N)=S)c1. The van der Waals surface area contributed by atoms with Crippen LogP contribution in [-0.2, 0) is 11.3 Å². The molecule has 1 aromatic carbocycles. The molecule has 0 amide bonds. The fraction of sp³-hybridized carbons (Fsp3) is 0.417. The maximum atomic E-state index is 13.2. The summed E-state index contributed by atoms with van der Waals surface area (Å²) < 4.78 is 18.6. The van der Waals surface area contributed by atoms with E-state index in [2.05, 4.69) is 13.8 Å². The highest BCUT2D eigenvalue weighted by Crippen LogP contribution is 2.11. The van der Waals surface area contributed by atoms with Crippen molar-refractivity contribution >= 4 is 17.2 Å². The van der Waals surface area contributed by atoms with Gasteiger partial charge in [-0.25, -0.2) is 4.39 Å². The van der Waals surface area contributed by atoms with E-state index in [9.17, 15) is 4.39 Å². The van der Waals surface area contributed by atoms with Crippen LogP contribution < -0.4 is 5.73 Å². The molecule has 0 aliphatic rings. The Labute approximate surface area is 101 Å². The number of benzene rings is 1. The first-order chi connectivity index (χ1) is 7.49. The third kappa shape index (κ3) is 4.24. The van der Waals surface area contributed by atoms with Gasteiger partial charge in [0.2, 0.25) is 0 Å². The van der Waals surface area contributed by atoms with Crippen molar-refractivity contribution in [1.29, 1.82) is 0 Å². The smallest absolute Gasteiger partial charge is 0.124 e. The molecule has 88 valence electrons. The normalized spacial score (nSPS) is 10.8. The predicted molar refractivity (Wildman–Crippen MR) is 66.8 cm³/mol. The molecule has 0 aromatic heterocycles. The Morgan fingerprint density at radius 3 is 2.69 bits per heavy atom. The number of ether oxygens (including phenoxy) is 1. The maximum absolute atomic E-state index is 13.2. The van der Waals surface area contributed by atoms with Gasteiger partial charge < -0.3 is 10.5 Å². The van der Waals surface area contributed by atoms with E-state index in [0.717, 1.165) is 5.56 Å². The zero-order chi connectivity index (χ0) is 12.1. The van der Waals surface area contributed by atoms with Crippen molar-refractivity contribution in [3.63, 3.8) is 0 Å². The molecule has 1 rings (SSSR count). The summed E-state index contributed by atoms with van der Waals surface area (Å²) in [6.07, 6.45) is 0. The first kappa shape index (κ1) is 13.1. The lowest BCUT2D eigenvalue weighted by Gasteiger charge is -2.08. The summed E-state index contributed by atoms with van der Waals surface area (Å²) in [6.45, 7) is 5.16. The zero-order valence-electron chi connectivity index (χ0n) is 9.50. The van der Waals surface area contributed by atoms with Crippen molar-refractivity contribution in [3.8, 4) is 0 Å². The molecule has 4 heteroatoms. The Hall–Kier alpha value is -1.00. The highest BCUT2D eigenvalue weighted by atomic mass is 32.1. The topological polar surface area (TPSA) is 35.2 Å². The van der Waals surface area contributed by atoms with Gasteiger partial charge in [0.1, 0.15) is 10.8 Å². The van der Waals surface area contributed by atoms with Gasteiger partial charge in [-0.2, -0.15) is 0 Å². The Balaban J connectivity index is 2.69. The monoisotopic (exact) mass is 241 g/mol. The van der Waals surface area contributed by atoms with Gasteiger partial charge in [-0.15, -0.1) is 0 Å². The van der Waals surface area contributed by atoms with Crippen molar-refractivity contribution in [2.75, 3.05) is 6.61 Å². The van der Waals surface area contributed by atoms with E-state index in [4.69, 9.17) is 22.7 Å². The average molecular weight is 241 g/mol. The van der Waals surface area contributed by atoms with Gasteiger partial charge in [0, 0.05) is 12.2 Å². The molecule has 0 radical (unpaired) electrons. The van der Waals surface area contributed by atoms with Crippen molar-refractivity contribution in [2.45, 2.75) is 20.5 Å². The maximum Gasteiger partial charge on any atom is 0.124 e. The lowest BCUT2D eigenvalue weighted by molar-refractivity contribution is 0.0969. The minimum Gasteiger partial charge on any atom is -0.389 e. The fourth-order valence-electron chi connectivity index (χ4n) is 1.29. The molecule has 0 bridgehead atoms. The summed E-state index contributed by atoms with van der Waals surface area (Å²) in [6, 6.07) is 4.52. The van der Waals surface area contributed by atoms with E-state index < -0.39 is 0 Å². The molecule has 0 atom stereocenters. The third-order valence-electron chi connectivity index (χ3n) is 1.96. The zero-order valence-corrected chi connectivity index (χ0v) is 10.3. The number of rotatable bonds is 5. The number of thiocarbonyl (C=S) groups is 1. The molecule has 0 heterocycles. The molecule has 2 N–H and O–H groups in total. The molecular formula is C12H16FNOS. The standard InChI is InChI=1S/C12H16FNOS/c1-8(2)6-15-7-9-3-10(12(14)16)5-11(13)4-9/h3-5,8H,6-7H2,1-2H3,(H2,14,16). The van der Waals surface area contributed by atoms with Crippen molar-refractivity contribution in [2.24, 2.45) is 11.7 Å². The Kier molecular flexibility index (Phi) is 4.83. The Morgan fingerprint density at radius 2 is 2.12 bits per heavy atom. The first-order valence-electron chi connectivity index (χ1n) is 5.16. The van der Waals surface area contributed by atoms with Crippen molar-refractivity contribution in [3.05, 3.63) is 35.1 Å². The fourth-order valence-corrected chi connectivity index (χ4v) is 1.41. The average Bonchev–Trinajstić information content (AvgIpc) is 2.16. The highest BCUT2D eigenvalue weighted by Gasteiger charge is 2.03. The quantitative estimate of drug-likeness (QED) is 0.805. The molecule has 16 heavy (non-hydrogen) atoms. The molecule has 0 saturated heterocycles. The van der Waals surface area contributed by atoms with Crippen molar-refractivity contribution in [1.82, 2.24) is 0 Å². The van der Waals surface area contributed by atoms with Crippen LogP contribution in [0.25, 0.3) is 0 Å². The minimum atomic E-state index is -0.339. The van der Waals surface area contributed by atoms with Crippen LogP contribution in [0.3, 0.4) is 0 Å². The van der Waals surface area contributed by atoms with E-state index in [-0.39, 0.29) is 10.8 Å². The van der Waals surface area contributed by atoms with Crippen LogP contribution in [0.4, 0.5) is 4.39 Å². The largest absolute Gasteiger partial charge is 0.389 e. The molecule has 0 spiro atoms. The summed E-state index contributed by atoms with van der Waals surface area (Å²) in [5.41, 5.74) is 6.75. The van der Waals surface area contributed by atoms with E-state index in [1.54, 1.807) is 6.07 Å². The van der Waals surface area contributed by atoms with Crippen molar-refractivity contribution < 1.29 is 9.13 Å². The molecule has 0 saturated carbocycles. The van der Waals surface area contributed by atoms with Gasteiger partial charge in [0.15, 0.2) is 0 Å². The van der Waals surface area contributed by atoms with Crippen LogP contribution in [0, 0.1) is 11.7 Å². The predicted octanol–water partition coefficient (Wildman–Crippen LogP) is 2.63. The Morgan fingerprint density at radius 1 is 1.44 bits per heavy atom. The number of halogens is 1. The van der Waals surface area contributed by atoms with E-state index >= 15 is 0 Å². The second kappa shape index (κ2) is 5.92. The van der Waals surface area contributed by atoms with Gasteiger partial charge >= 0.3 is 0 Å². The molecule has 2 nitrogen and oxygen atoms in total. The summed E-state index contributed by atoms with van der Waals surface area (Å²) in [5, 5.41) is 0. The van der Waals surface area contributed by atoms with Gasteiger partial charge in [-0.3, -0.25) is 0 Å². The van der Waals surface area contributed by atoms with Crippen LogP contribution in [0.5, 0.6) is 0 Å². The van der Waals surface area contributed by atoms with Crippen LogP contribution in [-0.4, -0.2) is 11.6 Å². The molecule has 0 fully saturated rings. The summed E-state index contributed by atoms with van der Waals surface area (Å²) in [7, 11) is 0. The summed E-state index contributed by atoms with van der Waals surface area (Å²) in [4.78, 5) is 0.199. The van der Waals surface area contributed by atoms with Crippen LogP contribution in [0.15, 0.2) is 18.2 Å². The van der Waals surface area contributed by atoms with Gasteiger partial charge in [-0.1, -0.05) is 26.1 Å². The molecule has 0 aliphatic heterocycles.